The Morgan fingerprint density at radius 1 is 0.453 bits per heavy atom. The molecule has 53 heavy (non-hydrogen) atoms. The van der Waals surface area contributed by atoms with Crippen molar-refractivity contribution in [2.24, 2.45) is 0 Å². The highest BCUT2D eigenvalue weighted by Gasteiger charge is 2.45. The van der Waals surface area contributed by atoms with Crippen LogP contribution in [-0.2, 0) is 21.7 Å². The summed E-state index contributed by atoms with van der Waals surface area (Å²) >= 11 is 0. The zero-order valence-electron chi connectivity index (χ0n) is 32.9. The monoisotopic (exact) mass is 691 g/mol. The van der Waals surface area contributed by atoms with E-state index < -0.39 is 0 Å². The fourth-order valence-electron chi connectivity index (χ4n) is 9.92. The molecule has 1 saturated carbocycles. The largest absolute Gasteiger partial charge is 0.310 e. The summed E-state index contributed by atoms with van der Waals surface area (Å²) in [6.45, 7) is 18.8. The number of fused-ring (bicyclic) bond motifs is 8. The first-order chi connectivity index (χ1) is 25.3. The molecule has 1 heteroatoms. The number of rotatable bonds is 4. The van der Waals surface area contributed by atoms with Crippen LogP contribution < -0.4 is 4.90 Å². The molecule has 0 aliphatic heterocycles. The van der Waals surface area contributed by atoms with Crippen LogP contribution in [0.2, 0.25) is 0 Å². The van der Waals surface area contributed by atoms with Crippen LogP contribution in [0.4, 0.5) is 17.1 Å². The molecule has 0 amide bonds. The van der Waals surface area contributed by atoms with Gasteiger partial charge in [0.1, 0.15) is 0 Å². The summed E-state index contributed by atoms with van der Waals surface area (Å²) in [5.41, 5.74) is 20.4. The molecule has 0 unspecified atom stereocenters. The van der Waals surface area contributed by atoms with E-state index >= 15 is 0 Å². The number of nitrogens with zero attached hydrogens (tertiary/aromatic N) is 1. The molecule has 1 fully saturated rings. The Morgan fingerprint density at radius 2 is 0.925 bits per heavy atom. The van der Waals surface area contributed by atoms with Crippen LogP contribution in [-0.4, -0.2) is 0 Å². The lowest BCUT2D eigenvalue weighted by atomic mass is 9.76. The molecule has 9 rings (SSSR count). The Morgan fingerprint density at radius 3 is 1.53 bits per heavy atom. The summed E-state index contributed by atoms with van der Waals surface area (Å²) in [6.07, 6.45) is 5.01. The third-order valence-corrected chi connectivity index (χ3v) is 12.9. The molecule has 1 spiro atoms. The summed E-state index contributed by atoms with van der Waals surface area (Å²) < 4.78 is 0. The molecule has 6 aromatic carbocycles. The minimum Gasteiger partial charge on any atom is -0.310 e. The minimum atomic E-state index is -0.0940. The first kappa shape index (κ1) is 33.9. The van der Waals surface area contributed by atoms with Crippen molar-refractivity contribution >= 4 is 17.1 Å². The van der Waals surface area contributed by atoms with Crippen molar-refractivity contribution in [3.63, 3.8) is 0 Å². The van der Waals surface area contributed by atoms with Crippen LogP contribution in [0.5, 0.6) is 0 Å². The maximum absolute atomic E-state index is 2.57. The van der Waals surface area contributed by atoms with Crippen LogP contribution in [0.15, 0.2) is 127 Å². The van der Waals surface area contributed by atoms with Gasteiger partial charge in [-0.2, -0.15) is 0 Å². The molecule has 0 atom stereocenters. The van der Waals surface area contributed by atoms with E-state index in [2.05, 4.69) is 188 Å². The molecule has 0 bridgehead atoms. The van der Waals surface area contributed by atoms with Gasteiger partial charge >= 0.3 is 0 Å². The van der Waals surface area contributed by atoms with Gasteiger partial charge in [-0.1, -0.05) is 165 Å². The van der Waals surface area contributed by atoms with Crippen LogP contribution in [0.25, 0.3) is 33.4 Å². The first-order valence-electron chi connectivity index (χ1n) is 19.8. The van der Waals surface area contributed by atoms with Gasteiger partial charge in [0, 0.05) is 27.8 Å². The normalized spacial score (nSPS) is 16.3. The summed E-state index contributed by atoms with van der Waals surface area (Å²) in [5, 5.41) is 0. The highest BCUT2D eigenvalue weighted by atomic mass is 15.1. The second-order valence-corrected chi connectivity index (χ2v) is 18.6. The lowest BCUT2D eigenvalue weighted by Gasteiger charge is -2.32. The SMILES string of the molecule is CC(C)(C)c1cc(-c2ccccc2N(c2ccc3c(c2)C(C)(C)c2ccccc2-3)c2ccc3c(c2)C2(CCCC2)c2ccccc2-3)cc(C(C)(C)C)c1. The van der Waals surface area contributed by atoms with Crippen molar-refractivity contribution < 1.29 is 0 Å². The van der Waals surface area contributed by atoms with E-state index in [0.717, 1.165) is 0 Å². The van der Waals surface area contributed by atoms with Gasteiger partial charge in [-0.05, 0) is 115 Å². The van der Waals surface area contributed by atoms with E-state index in [1.54, 1.807) is 0 Å². The Kier molecular flexibility index (Phi) is 7.56. The van der Waals surface area contributed by atoms with Crippen molar-refractivity contribution in [1.29, 1.82) is 0 Å². The zero-order chi connectivity index (χ0) is 36.9. The van der Waals surface area contributed by atoms with Gasteiger partial charge in [0.15, 0.2) is 0 Å². The molecular weight excluding hydrogens is 639 g/mol. The van der Waals surface area contributed by atoms with Gasteiger partial charge in [-0.25, -0.2) is 0 Å². The van der Waals surface area contributed by atoms with Crippen molar-refractivity contribution in [2.45, 2.75) is 103 Å². The Labute approximate surface area is 317 Å². The molecule has 0 saturated heterocycles. The Balaban J connectivity index is 1.29. The number of hydrogen-bond donors (Lipinski definition) is 0. The maximum Gasteiger partial charge on any atom is 0.0540 e. The van der Waals surface area contributed by atoms with Crippen molar-refractivity contribution in [1.82, 2.24) is 0 Å². The maximum atomic E-state index is 2.57. The van der Waals surface area contributed by atoms with Gasteiger partial charge in [0.25, 0.3) is 0 Å². The van der Waals surface area contributed by atoms with Crippen molar-refractivity contribution in [2.75, 3.05) is 4.90 Å². The minimum absolute atomic E-state index is 0.0236. The van der Waals surface area contributed by atoms with Gasteiger partial charge < -0.3 is 4.90 Å². The van der Waals surface area contributed by atoms with E-state index in [-0.39, 0.29) is 21.7 Å². The molecule has 266 valence electrons. The van der Waals surface area contributed by atoms with E-state index in [0.29, 0.717) is 0 Å². The Hall–Kier alpha value is -4.88. The molecule has 0 heterocycles. The van der Waals surface area contributed by atoms with E-state index in [4.69, 9.17) is 0 Å². The van der Waals surface area contributed by atoms with Crippen LogP contribution in [0.1, 0.15) is 114 Å². The third kappa shape index (κ3) is 5.25. The van der Waals surface area contributed by atoms with Gasteiger partial charge in [0.05, 0.1) is 5.69 Å². The first-order valence-corrected chi connectivity index (χ1v) is 19.8. The molecule has 3 aliphatic carbocycles. The van der Waals surface area contributed by atoms with Gasteiger partial charge in [0.2, 0.25) is 0 Å². The number of anilines is 3. The molecule has 6 aromatic rings. The lowest BCUT2D eigenvalue weighted by Crippen LogP contribution is -2.21. The van der Waals surface area contributed by atoms with E-state index in [9.17, 15) is 0 Å². The fraction of sp³-hybridized carbons (Fsp3) is 0.308. The second-order valence-electron chi connectivity index (χ2n) is 18.6. The topological polar surface area (TPSA) is 3.24 Å². The predicted molar refractivity (Wildman–Crippen MR) is 226 cm³/mol. The van der Waals surface area contributed by atoms with Gasteiger partial charge in [-0.15, -0.1) is 0 Å². The average Bonchev–Trinajstić information content (AvgIpc) is 3.81. The van der Waals surface area contributed by atoms with Crippen LogP contribution >= 0.6 is 0 Å². The number of para-hydroxylation sites is 1. The lowest BCUT2D eigenvalue weighted by molar-refractivity contribution is 0.550. The summed E-state index contributed by atoms with van der Waals surface area (Å²) in [6, 6.07) is 49.3. The summed E-state index contributed by atoms with van der Waals surface area (Å²) in [4.78, 5) is 2.57. The predicted octanol–water partition coefficient (Wildman–Crippen LogP) is 14.6. The summed E-state index contributed by atoms with van der Waals surface area (Å²) in [7, 11) is 0. The quantitative estimate of drug-likeness (QED) is 0.178. The second kappa shape index (κ2) is 11.8. The molecular formula is C52H53N. The highest BCUT2D eigenvalue weighted by Crippen LogP contribution is 2.58. The molecule has 3 aliphatic rings. The molecule has 0 aromatic heterocycles. The van der Waals surface area contributed by atoms with Crippen molar-refractivity contribution in [3.05, 3.63) is 161 Å². The smallest absolute Gasteiger partial charge is 0.0540 e. The Bertz CT molecular complexity index is 2370. The van der Waals surface area contributed by atoms with Gasteiger partial charge in [-0.3, -0.25) is 0 Å². The summed E-state index contributed by atoms with van der Waals surface area (Å²) in [5.74, 6) is 0. The number of hydrogen-bond acceptors (Lipinski definition) is 1. The van der Waals surface area contributed by atoms with Crippen LogP contribution in [0.3, 0.4) is 0 Å². The number of benzene rings is 6. The zero-order valence-corrected chi connectivity index (χ0v) is 32.9. The fourth-order valence-corrected chi connectivity index (χ4v) is 9.92. The highest BCUT2D eigenvalue weighted by molar-refractivity contribution is 5.92. The van der Waals surface area contributed by atoms with Crippen molar-refractivity contribution in [3.8, 4) is 33.4 Å². The average molecular weight is 692 g/mol. The molecule has 0 N–H and O–H groups in total. The third-order valence-electron chi connectivity index (χ3n) is 12.9. The molecule has 1 nitrogen and oxygen atoms in total. The van der Waals surface area contributed by atoms with Crippen LogP contribution in [0, 0.1) is 0 Å². The van der Waals surface area contributed by atoms with E-state index in [1.165, 1.54) is 110 Å². The standard InChI is InChI=1S/C52H53N/c1-49(2,3)35-29-34(30-36(31-35)50(4,5)6)39-17-11-14-22-48(39)53(37-23-25-42-40-18-9-12-20-44(40)51(7,8)46(42)32-37)38-24-26-43-41-19-10-13-21-45(41)52(47(43)33-38)27-15-16-28-52/h9-14,17-26,29-33H,15-16,27-28H2,1-8H3. The van der Waals surface area contributed by atoms with E-state index in [1.807, 2.05) is 0 Å². The molecule has 0 radical (unpaired) electrons.